The van der Waals surface area contributed by atoms with Crippen LogP contribution in [-0.4, -0.2) is 47.0 Å². The van der Waals surface area contributed by atoms with Crippen LogP contribution in [0.25, 0.3) is 0 Å². The molecule has 1 saturated heterocycles. The first kappa shape index (κ1) is 25.2. The lowest BCUT2D eigenvalue weighted by molar-refractivity contribution is -0.146. The van der Waals surface area contributed by atoms with E-state index in [1.165, 1.54) is 0 Å². The highest BCUT2D eigenvalue weighted by Gasteiger charge is 2.58. The molecule has 180 valence electrons. The van der Waals surface area contributed by atoms with Crippen LogP contribution in [-0.2, 0) is 26.3 Å². The Balaban J connectivity index is 1.90. The Bertz CT molecular complexity index is 902. The van der Waals surface area contributed by atoms with E-state index >= 15 is 0 Å². The minimum atomic E-state index is -0.655. The molecule has 0 N–H and O–H groups in total. The number of nitrogens with zero attached hydrogens (tertiary/aromatic N) is 3. The third-order valence-corrected chi connectivity index (χ3v) is 9.09. The molecule has 1 saturated carbocycles. The van der Waals surface area contributed by atoms with Gasteiger partial charge in [0, 0.05) is 36.3 Å². The predicted octanol–water partition coefficient (Wildman–Crippen LogP) is 4.38. The van der Waals surface area contributed by atoms with Crippen LogP contribution < -0.4 is 4.67 Å². The number of aryl methyl sites for hydroxylation is 1. The Labute approximate surface area is 197 Å². The second-order valence-corrected chi connectivity index (χ2v) is 12.1. The van der Waals surface area contributed by atoms with Gasteiger partial charge in [-0.25, -0.2) is 4.99 Å². The smallest absolute Gasteiger partial charge is 0.253 e. The summed E-state index contributed by atoms with van der Waals surface area (Å²) in [7, 11) is 0. The number of morpholine rings is 1. The zero-order valence-electron chi connectivity index (χ0n) is 21.0. The first-order valence-corrected chi connectivity index (χ1v) is 12.9. The lowest BCUT2D eigenvalue weighted by Crippen LogP contribution is -2.49. The summed E-state index contributed by atoms with van der Waals surface area (Å²) in [6, 6.07) is 0. The number of amides is 2. The molecule has 2 aliphatic rings. The van der Waals surface area contributed by atoms with Crippen LogP contribution in [0.4, 0.5) is 0 Å². The molecule has 0 bridgehead atoms. The zero-order chi connectivity index (χ0) is 23.7. The molecular weight excluding hydrogens is 422 g/mol. The predicted molar refractivity (Wildman–Crippen MR) is 128 cm³/mol. The average molecular weight is 464 g/mol. The first-order chi connectivity index (χ1) is 14.9. The van der Waals surface area contributed by atoms with Crippen LogP contribution in [0.1, 0.15) is 79.7 Å². The van der Waals surface area contributed by atoms with E-state index in [-0.39, 0.29) is 23.3 Å². The monoisotopic (exact) mass is 463 g/mol. The Kier molecular flexibility index (Phi) is 7.40. The maximum absolute atomic E-state index is 13.7. The van der Waals surface area contributed by atoms with E-state index in [0.29, 0.717) is 32.7 Å². The molecule has 2 fully saturated rings. The Morgan fingerprint density at radius 3 is 2.47 bits per heavy atom. The number of hydrogen-bond acceptors (Lipinski definition) is 4. The zero-order valence-corrected chi connectivity index (χ0v) is 21.8. The Morgan fingerprint density at radius 2 is 1.88 bits per heavy atom. The topological polar surface area (TPSA) is 63.9 Å². The lowest BCUT2D eigenvalue weighted by atomic mass is 9.65. The van der Waals surface area contributed by atoms with Crippen molar-refractivity contribution in [2.24, 2.45) is 21.7 Å². The molecule has 1 aromatic rings. The summed E-state index contributed by atoms with van der Waals surface area (Å²) in [5.74, 6) is -0.0762. The van der Waals surface area contributed by atoms with Crippen LogP contribution in [0.2, 0.25) is 0 Å². The minimum Gasteiger partial charge on any atom is -0.378 e. The van der Waals surface area contributed by atoms with E-state index in [2.05, 4.69) is 51.7 Å². The van der Waals surface area contributed by atoms with Gasteiger partial charge in [-0.1, -0.05) is 34.1 Å². The molecule has 2 heterocycles. The van der Waals surface area contributed by atoms with Crippen molar-refractivity contribution in [1.29, 1.82) is 0 Å². The van der Waals surface area contributed by atoms with Gasteiger partial charge < -0.3 is 9.64 Å². The number of carbonyl (C=O) groups is 2. The van der Waals surface area contributed by atoms with Crippen LogP contribution in [0.3, 0.4) is 0 Å². The molecular formula is C25H41N3O3S. The molecule has 2 amide bonds. The fraction of sp³-hybridized carbons (Fsp3) is 0.800. The average Bonchev–Trinajstić information content (AvgIpc) is 3.25. The van der Waals surface area contributed by atoms with E-state index in [4.69, 9.17) is 9.73 Å². The van der Waals surface area contributed by atoms with Crippen LogP contribution >= 0.6 is 11.5 Å². The molecule has 0 unspecified atom stereocenters. The highest BCUT2D eigenvalue weighted by atomic mass is 32.1. The number of aromatic nitrogens is 1. The van der Waals surface area contributed by atoms with Gasteiger partial charge in [0.15, 0.2) is 0 Å². The summed E-state index contributed by atoms with van der Waals surface area (Å²) < 4.78 is 8.45. The third-order valence-electron chi connectivity index (χ3n) is 7.72. The van der Waals surface area contributed by atoms with Crippen LogP contribution in [0.15, 0.2) is 11.2 Å². The van der Waals surface area contributed by atoms with Crippen molar-refractivity contribution >= 4 is 23.3 Å². The van der Waals surface area contributed by atoms with E-state index in [1.807, 2.05) is 11.8 Å². The largest absolute Gasteiger partial charge is 0.378 e. The summed E-state index contributed by atoms with van der Waals surface area (Å²) in [4.78, 5) is 33.6. The van der Waals surface area contributed by atoms with Gasteiger partial charge >= 0.3 is 0 Å². The second kappa shape index (κ2) is 9.41. The van der Waals surface area contributed by atoms with Gasteiger partial charge in [-0.2, -0.15) is 0 Å². The number of hydrogen-bond donors (Lipinski definition) is 0. The molecule has 0 spiro atoms. The molecule has 0 radical (unpaired) electrons. The van der Waals surface area contributed by atoms with Crippen LogP contribution in [0, 0.1) is 16.7 Å². The molecule has 7 heteroatoms. The fourth-order valence-corrected chi connectivity index (χ4v) is 5.91. The van der Waals surface area contributed by atoms with Gasteiger partial charge in [0.25, 0.3) is 5.91 Å². The van der Waals surface area contributed by atoms with Gasteiger partial charge in [-0.05, 0) is 63.4 Å². The van der Waals surface area contributed by atoms with E-state index < -0.39 is 10.8 Å². The summed E-state index contributed by atoms with van der Waals surface area (Å²) in [5, 5.41) is 0. The summed E-state index contributed by atoms with van der Waals surface area (Å²) in [6.45, 7) is 17.3. The highest BCUT2D eigenvalue weighted by Crippen LogP contribution is 2.57. The molecule has 6 nitrogen and oxygen atoms in total. The standard InChI is InChI=1S/C25H41N3O3S/c1-8-9-10-18-17-28(23(2,3)4)32-20(18)26-22(30)25(7)12-11-19(24(25,5)6)21(29)27-13-15-31-16-14-27/h17,19H,8-16H2,1-7H3/b26-20-/t19-,25+/m1/s1. The number of rotatable bonds is 5. The number of carbonyl (C=O) groups excluding carboxylic acids is 2. The van der Waals surface area contributed by atoms with Crippen molar-refractivity contribution in [3.8, 4) is 0 Å². The van der Waals surface area contributed by atoms with Gasteiger partial charge in [0.2, 0.25) is 5.91 Å². The van der Waals surface area contributed by atoms with Crippen molar-refractivity contribution in [3.05, 3.63) is 16.4 Å². The van der Waals surface area contributed by atoms with Gasteiger partial charge in [0.05, 0.1) is 18.6 Å². The van der Waals surface area contributed by atoms with Gasteiger partial charge in [-0.15, -0.1) is 0 Å². The van der Waals surface area contributed by atoms with Crippen LogP contribution in [0.5, 0.6) is 0 Å². The quantitative estimate of drug-likeness (QED) is 0.651. The normalized spacial score (nSPS) is 26.5. The third kappa shape index (κ3) is 4.74. The minimum absolute atomic E-state index is 0.0470. The molecule has 2 atom stereocenters. The van der Waals surface area contributed by atoms with Crippen molar-refractivity contribution in [3.63, 3.8) is 0 Å². The molecule has 1 aliphatic heterocycles. The summed E-state index contributed by atoms with van der Waals surface area (Å²) in [5.41, 5.74) is -0.00288. The van der Waals surface area contributed by atoms with Crippen molar-refractivity contribution in [2.75, 3.05) is 26.3 Å². The second-order valence-electron chi connectivity index (χ2n) is 11.2. The van der Waals surface area contributed by atoms with E-state index in [0.717, 1.165) is 35.9 Å². The molecule has 1 aromatic heterocycles. The maximum Gasteiger partial charge on any atom is 0.253 e. The van der Waals surface area contributed by atoms with Crippen molar-refractivity contribution < 1.29 is 14.3 Å². The molecule has 3 rings (SSSR count). The van der Waals surface area contributed by atoms with Crippen molar-refractivity contribution in [2.45, 2.75) is 86.1 Å². The maximum atomic E-state index is 13.7. The summed E-state index contributed by atoms with van der Waals surface area (Å²) >= 11 is 1.57. The fourth-order valence-electron chi connectivity index (χ4n) is 4.87. The highest BCUT2D eigenvalue weighted by molar-refractivity contribution is 7.04. The van der Waals surface area contributed by atoms with Gasteiger partial charge in [0.1, 0.15) is 4.67 Å². The Hall–Kier alpha value is -1.47. The lowest BCUT2D eigenvalue weighted by Gasteiger charge is -2.40. The van der Waals surface area contributed by atoms with E-state index in [9.17, 15) is 9.59 Å². The first-order valence-electron chi connectivity index (χ1n) is 12.1. The number of unbranched alkanes of at least 4 members (excludes halogenated alkanes) is 1. The summed E-state index contributed by atoms with van der Waals surface area (Å²) in [6.07, 6.45) is 6.71. The molecule has 0 aromatic carbocycles. The molecule has 1 aliphatic carbocycles. The number of ether oxygens (including phenoxy) is 1. The molecule has 32 heavy (non-hydrogen) atoms. The van der Waals surface area contributed by atoms with E-state index in [1.54, 1.807) is 11.5 Å². The van der Waals surface area contributed by atoms with Gasteiger partial charge in [-0.3, -0.25) is 13.5 Å². The Morgan fingerprint density at radius 1 is 1.22 bits per heavy atom. The SMILES string of the molecule is CCCCc1cn(C(C)(C)C)s/c1=N\C(=O)[C@]1(C)CC[C@H](C(=O)N2CCOCC2)C1(C)C. The van der Waals surface area contributed by atoms with Crippen molar-refractivity contribution in [1.82, 2.24) is 8.86 Å².